The normalized spacial score (nSPS) is 10.1. The van der Waals surface area contributed by atoms with Crippen molar-refractivity contribution < 1.29 is 19.5 Å². The lowest BCUT2D eigenvalue weighted by Gasteiger charge is -2.10. The van der Waals surface area contributed by atoms with Crippen LogP contribution in [0.4, 0.5) is 0 Å². The number of carbonyl (C=O) groups excluding carboxylic acids is 1. The molecule has 1 amide bonds. The van der Waals surface area contributed by atoms with Crippen molar-refractivity contribution in [3.8, 4) is 5.75 Å². The van der Waals surface area contributed by atoms with Crippen molar-refractivity contribution in [2.45, 2.75) is 19.9 Å². The highest BCUT2D eigenvalue weighted by Crippen LogP contribution is 2.13. The molecule has 3 N–H and O–H groups in total. The molecule has 16 heavy (non-hydrogen) atoms. The van der Waals surface area contributed by atoms with Gasteiger partial charge in [-0.3, -0.25) is 4.79 Å². The van der Waals surface area contributed by atoms with Crippen LogP contribution in [0.15, 0.2) is 24.3 Å². The first-order valence-corrected chi connectivity index (χ1v) is 4.93. The molecule has 0 saturated carbocycles. The Morgan fingerprint density at radius 2 is 2.12 bits per heavy atom. The zero-order valence-corrected chi connectivity index (χ0v) is 9.18. The van der Waals surface area contributed by atoms with Gasteiger partial charge in [0, 0.05) is 11.6 Å². The van der Waals surface area contributed by atoms with Gasteiger partial charge in [-0.05, 0) is 32.0 Å². The van der Waals surface area contributed by atoms with Crippen LogP contribution in [0.2, 0.25) is 0 Å². The minimum atomic E-state index is -1.89. The fraction of sp³-hybridized carbons (Fsp3) is 0.300. The molecule has 0 spiro atoms. The second-order valence-electron chi connectivity index (χ2n) is 3.60. The third-order valence-corrected chi connectivity index (χ3v) is 1.76. The van der Waals surface area contributed by atoms with E-state index < -0.39 is 7.32 Å². The highest BCUT2D eigenvalue weighted by Gasteiger charge is 2.13. The van der Waals surface area contributed by atoms with Gasteiger partial charge in [0.25, 0.3) is 5.91 Å². The van der Waals surface area contributed by atoms with Gasteiger partial charge < -0.3 is 20.0 Å². The fourth-order valence-electron chi connectivity index (χ4n) is 1.18. The Kier molecular flexibility index (Phi) is 4.33. The summed E-state index contributed by atoms with van der Waals surface area (Å²) >= 11 is 0. The predicted octanol–water partition coefficient (Wildman–Crippen LogP) is 0.173. The zero-order valence-electron chi connectivity index (χ0n) is 9.18. The van der Waals surface area contributed by atoms with Gasteiger partial charge >= 0.3 is 7.32 Å². The molecule has 86 valence electrons. The van der Waals surface area contributed by atoms with Crippen molar-refractivity contribution in [1.82, 2.24) is 5.32 Å². The van der Waals surface area contributed by atoms with Gasteiger partial charge in [0.05, 0.1) is 0 Å². The molecular weight excluding hydrogens is 209 g/mol. The Balaban J connectivity index is 2.77. The largest absolute Gasteiger partial charge is 0.707 e. The minimum Gasteiger partial charge on any atom is -0.512 e. The van der Waals surface area contributed by atoms with Gasteiger partial charge in [0.1, 0.15) is 5.75 Å². The number of hydrogen-bond donors (Lipinski definition) is 3. The summed E-state index contributed by atoms with van der Waals surface area (Å²) in [5.74, 6) is -0.000661. The highest BCUT2D eigenvalue weighted by molar-refractivity contribution is 6.33. The molecule has 0 radical (unpaired) electrons. The number of hydrogen-bond acceptors (Lipinski definition) is 4. The molecule has 0 saturated heterocycles. The van der Waals surface area contributed by atoms with E-state index in [4.69, 9.17) is 10.0 Å². The average Bonchev–Trinajstić information content (AvgIpc) is 2.16. The number of rotatable bonds is 4. The second kappa shape index (κ2) is 5.53. The molecule has 0 fully saturated rings. The maximum atomic E-state index is 11.6. The van der Waals surface area contributed by atoms with Gasteiger partial charge in [-0.25, -0.2) is 0 Å². The average molecular weight is 223 g/mol. The lowest BCUT2D eigenvalue weighted by atomic mass is 10.1. The van der Waals surface area contributed by atoms with E-state index in [2.05, 4.69) is 9.97 Å². The molecule has 6 heteroatoms. The molecule has 0 heterocycles. The summed E-state index contributed by atoms with van der Waals surface area (Å²) in [6.07, 6.45) is 0. The predicted molar refractivity (Wildman–Crippen MR) is 59.9 cm³/mol. The molecular formula is C10H14BNO4. The molecule has 0 aromatic heterocycles. The van der Waals surface area contributed by atoms with Crippen LogP contribution in [0.3, 0.4) is 0 Å². The number of nitrogens with one attached hydrogen (secondary N) is 1. The van der Waals surface area contributed by atoms with Gasteiger partial charge in [-0.15, -0.1) is 0 Å². The molecule has 0 aliphatic rings. The first-order valence-electron chi connectivity index (χ1n) is 4.93. The Morgan fingerprint density at radius 1 is 1.44 bits per heavy atom. The van der Waals surface area contributed by atoms with E-state index in [0.717, 1.165) is 0 Å². The molecule has 1 aromatic rings. The topological polar surface area (TPSA) is 78.8 Å². The Bertz CT molecular complexity index is 368. The Morgan fingerprint density at radius 3 is 2.69 bits per heavy atom. The van der Waals surface area contributed by atoms with Crippen molar-refractivity contribution in [2.75, 3.05) is 0 Å². The fourth-order valence-corrected chi connectivity index (χ4v) is 1.18. The summed E-state index contributed by atoms with van der Waals surface area (Å²) in [4.78, 5) is 11.6. The van der Waals surface area contributed by atoms with E-state index in [-0.39, 0.29) is 17.7 Å². The summed E-state index contributed by atoms with van der Waals surface area (Å²) < 4.78 is 4.64. The molecule has 0 bridgehead atoms. The van der Waals surface area contributed by atoms with Crippen molar-refractivity contribution in [1.29, 1.82) is 0 Å². The van der Waals surface area contributed by atoms with E-state index in [1.165, 1.54) is 12.1 Å². The van der Waals surface area contributed by atoms with E-state index in [0.29, 0.717) is 5.56 Å². The zero-order chi connectivity index (χ0) is 12.1. The van der Waals surface area contributed by atoms with Gasteiger partial charge in [0.15, 0.2) is 0 Å². The van der Waals surface area contributed by atoms with Crippen LogP contribution in [0.5, 0.6) is 5.75 Å². The molecule has 0 atom stereocenters. The number of amides is 1. The molecule has 1 aromatic carbocycles. The summed E-state index contributed by atoms with van der Waals surface area (Å²) in [5.41, 5.74) is 0.409. The minimum absolute atomic E-state index is 0.0421. The van der Waals surface area contributed by atoms with Crippen molar-refractivity contribution in [3.05, 3.63) is 29.8 Å². The second-order valence-corrected chi connectivity index (χ2v) is 3.60. The maximum Gasteiger partial charge on any atom is 0.707 e. The first kappa shape index (κ1) is 12.5. The van der Waals surface area contributed by atoms with E-state index >= 15 is 0 Å². The summed E-state index contributed by atoms with van der Waals surface area (Å²) in [6.45, 7) is 3.71. The Labute approximate surface area is 94.2 Å². The van der Waals surface area contributed by atoms with Crippen LogP contribution in [-0.2, 0) is 0 Å². The van der Waals surface area contributed by atoms with Crippen molar-refractivity contribution in [2.24, 2.45) is 0 Å². The number of carbonyl (C=O) groups is 1. The molecule has 0 aliphatic carbocycles. The molecule has 1 rings (SSSR count). The molecule has 0 unspecified atom stereocenters. The van der Waals surface area contributed by atoms with Crippen LogP contribution in [0, 0.1) is 0 Å². The van der Waals surface area contributed by atoms with Crippen LogP contribution >= 0.6 is 0 Å². The van der Waals surface area contributed by atoms with Gasteiger partial charge in [-0.1, -0.05) is 6.07 Å². The maximum absolute atomic E-state index is 11.6. The number of benzene rings is 1. The lowest BCUT2D eigenvalue weighted by Crippen LogP contribution is -2.30. The third-order valence-electron chi connectivity index (χ3n) is 1.76. The molecule has 0 aliphatic heterocycles. The lowest BCUT2D eigenvalue weighted by molar-refractivity contribution is 0.0942. The van der Waals surface area contributed by atoms with E-state index in [1.54, 1.807) is 12.1 Å². The summed E-state index contributed by atoms with van der Waals surface area (Å²) in [6, 6.07) is 6.24. The van der Waals surface area contributed by atoms with Crippen molar-refractivity contribution in [3.63, 3.8) is 0 Å². The summed E-state index contributed by atoms with van der Waals surface area (Å²) in [5, 5.41) is 19.9. The smallest absolute Gasteiger partial charge is 0.512 e. The molecule has 5 nitrogen and oxygen atoms in total. The highest BCUT2D eigenvalue weighted by atomic mass is 16.6. The van der Waals surface area contributed by atoms with Crippen LogP contribution < -0.4 is 9.97 Å². The van der Waals surface area contributed by atoms with Gasteiger partial charge in [0.2, 0.25) is 0 Å². The Hall–Kier alpha value is -1.53. The monoisotopic (exact) mass is 223 g/mol. The van der Waals surface area contributed by atoms with Crippen molar-refractivity contribution >= 4 is 13.2 Å². The standard InChI is InChI=1S/C10H14BNO4/c1-7(2)12-10(13)8-4-3-5-9(6-8)16-11(14)15/h3-7,14-15H,1-2H3,(H,12,13). The summed E-state index contributed by atoms with van der Waals surface area (Å²) in [7, 11) is -1.89. The first-order chi connectivity index (χ1) is 7.49. The van der Waals surface area contributed by atoms with E-state index in [9.17, 15) is 4.79 Å². The van der Waals surface area contributed by atoms with E-state index in [1.807, 2.05) is 13.8 Å². The quantitative estimate of drug-likeness (QED) is 0.636. The van der Waals surface area contributed by atoms with Crippen LogP contribution in [0.25, 0.3) is 0 Å². The third kappa shape index (κ3) is 3.92. The SMILES string of the molecule is CC(C)NC(=O)c1cccc(OB(O)O)c1. The van der Waals surface area contributed by atoms with Crippen LogP contribution in [0.1, 0.15) is 24.2 Å². The van der Waals surface area contributed by atoms with Crippen LogP contribution in [-0.4, -0.2) is 29.3 Å². The van der Waals surface area contributed by atoms with Gasteiger partial charge in [-0.2, -0.15) is 0 Å².